The molecule has 0 saturated heterocycles. The van der Waals surface area contributed by atoms with Crippen molar-refractivity contribution >= 4 is 16.7 Å². The quantitative estimate of drug-likeness (QED) is 0.793. The van der Waals surface area contributed by atoms with Crippen LogP contribution in [0.4, 0.5) is 0 Å². The Labute approximate surface area is 123 Å². The second kappa shape index (κ2) is 5.67. The fraction of sp³-hybridized carbons (Fsp3) is 0.0556. The Kier molecular flexibility index (Phi) is 3.56. The van der Waals surface area contributed by atoms with Crippen LogP contribution in [-0.4, -0.2) is 5.91 Å². The summed E-state index contributed by atoms with van der Waals surface area (Å²) in [6.45, 7) is 0.456. The molecule has 1 amide bonds. The van der Waals surface area contributed by atoms with E-state index in [2.05, 4.69) is 12.1 Å². The summed E-state index contributed by atoms with van der Waals surface area (Å²) in [7, 11) is 0. The predicted molar refractivity (Wildman–Crippen MR) is 83.2 cm³/mol. The van der Waals surface area contributed by atoms with Crippen LogP contribution in [0.25, 0.3) is 10.8 Å². The van der Waals surface area contributed by atoms with E-state index in [0.717, 1.165) is 16.7 Å². The first-order chi connectivity index (χ1) is 10.2. The summed E-state index contributed by atoms with van der Waals surface area (Å²) < 4.78 is 5.78. The second-order valence-corrected chi connectivity index (χ2v) is 4.86. The van der Waals surface area contributed by atoms with Gasteiger partial charge >= 0.3 is 0 Å². The minimum atomic E-state index is -0.419. The zero-order valence-electron chi connectivity index (χ0n) is 11.5. The number of primary amides is 1. The van der Waals surface area contributed by atoms with E-state index >= 15 is 0 Å². The highest BCUT2D eigenvalue weighted by molar-refractivity contribution is 5.92. The van der Waals surface area contributed by atoms with E-state index in [0.29, 0.717) is 12.2 Å². The molecule has 3 heteroatoms. The lowest BCUT2D eigenvalue weighted by atomic mass is 10.1. The molecular formula is C18H15NO2. The Morgan fingerprint density at radius 2 is 1.62 bits per heavy atom. The molecule has 0 aromatic heterocycles. The molecule has 0 aliphatic rings. The fourth-order valence-electron chi connectivity index (χ4n) is 2.19. The van der Waals surface area contributed by atoms with Crippen LogP contribution in [0.5, 0.6) is 5.75 Å². The Morgan fingerprint density at radius 3 is 2.33 bits per heavy atom. The van der Waals surface area contributed by atoms with Gasteiger partial charge in [0, 0.05) is 5.56 Å². The molecule has 0 fully saturated rings. The van der Waals surface area contributed by atoms with Gasteiger partial charge in [0.05, 0.1) is 0 Å². The number of hydrogen-bond acceptors (Lipinski definition) is 2. The van der Waals surface area contributed by atoms with Crippen molar-refractivity contribution in [3.8, 4) is 5.75 Å². The molecule has 104 valence electrons. The van der Waals surface area contributed by atoms with Crippen molar-refractivity contribution in [1.82, 2.24) is 0 Å². The van der Waals surface area contributed by atoms with Gasteiger partial charge in [-0.05, 0) is 40.6 Å². The first kappa shape index (κ1) is 13.2. The van der Waals surface area contributed by atoms with Gasteiger partial charge in [-0.2, -0.15) is 0 Å². The molecule has 0 bridgehead atoms. The van der Waals surface area contributed by atoms with E-state index in [1.54, 1.807) is 12.1 Å². The highest BCUT2D eigenvalue weighted by Crippen LogP contribution is 2.21. The zero-order valence-corrected chi connectivity index (χ0v) is 11.5. The average Bonchev–Trinajstić information content (AvgIpc) is 2.53. The lowest BCUT2D eigenvalue weighted by Gasteiger charge is -2.08. The number of amides is 1. The lowest BCUT2D eigenvalue weighted by molar-refractivity contribution is 0.1000. The number of benzene rings is 3. The number of fused-ring (bicyclic) bond motifs is 1. The van der Waals surface area contributed by atoms with E-state index in [1.807, 2.05) is 42.5 Å². The third-order valence-electron chi connectivity index (χ3n) is 3.36. The maximum atomic E-state index is 11.0. The van der Waals surface area contributed by atoms with Crippen molar-refractivity contribution in [2.45, 2.75) is 6.61 Å². The number of carbonyl (C=O) groups excluding carboxylic acids is 1. The van der Waals surface area contributed by atoms with Gasteiger partial charge in [0.1, 0.15) is 12.4 Å². The molecule has 0 heterocycles. The van der Waals surface area contributed by atoms with Gasteiger partial charge in [0.25, 0.3) is 0 Å². The molecule has 21 heavy (non-hydrogen) atoms. The zero-order chi connectivity index (χ0) is 14.7. The highest BCUT2D eigenvalue weighted by Gasteiger charge is 2.01. The number of carbonyl (C=O) groups is 1. The van der Waals surface area contributed by atoms with E-state index in [-0.39, 0.29) is 0 Å². The highest BCUT2D eigenvalue weighted by atomic mass is 16.5. The molecule has 0 aliphatic heterocycles. The molecule has 0 unspecified atom stereocenters. The topological polar surface area (TPSA) is 52.3 Å². The normalized spacial score (nSPS) is 10.5. The van der Waals surface area contributed by atoms with Crippen LogP contribution in [0.1, 0.15) is 15.9 Å². The van der Waals surface area contributed by atoms with E-state index in [4.69, 9.17) is 10.5 Å². The molecular weight excluding hydrogens is 262 g/mol. The summed E-state index contributed by atoms with van der Waals surface area (Å²) in [4.78, 5) is 11.0. The predicted octanol–water partition coefficient (Wildman–Crippen LogP) is 3.52. The van der Waals surface area contributed by atoms with E-state index < -0.39 is 5.91 Å². The molecule has 0 spiro atoms. The Morgan fingerprint density at radius 1 is 0.905 bits per heavy atom. The first-order valence-corrected chi connectivity index (χ1v) is 6.73. The standard InChI is InChI=1S/C18H15NO2/c19-18(20)15-7-5-13(6-8-15)12-21-17-10-9-14-3-1-2-4-16(14)11-17/h1-11H,12H2,(H2,19,20). The van der Waals surface area contributed by atoms with E-state index in [9.17, 15) is 4.79 Å². The number of nitrogens with two attached hydrogens (primary N) is 1. The van der Waals surface area contributed by atoms with Gasteiger partial charge in [-0.3, -0.25) is 4.79 Å². The summed E-state index contributed by atoms with van der Waals surface area (Å²) in [6.07, 6.45) is 0. The van der Waals surface area contributed by atoms with Gasteiger partial charge in [-0.25, -0.2) is 0 Å². The summed E-state index contributed by atoms with van der Waals surface area (Å²) in [6, 6.07) is 21.3. The molecule has 3 nitrogen and oxygen atoms in total. The minimum absolute atomic E-state index is 0.419. The largest absolute Gasteiger partial charge is 0.489 e. The molecule has 2 N–H and O–H groups in total. The van der Waals surface area contributed by atoms with Gasteiger partial charge < -0.3 is 10.5 Å². The third-order valence-corrected chi connectivity index (χ3v) is 3.36. The lowest BCUT2D eigenvalue weighted by Crippen LogP contribution is -2.10. The fourth-order valence-corrected chi connectivity index (χ4v) is 2.19. The van der Waals surface area contributed by atoms with Crippen molar-refractivity contribution in [2.24, 2.45) is 5.73 Å². The van der Waals surface area contributed by atoms with Crippen LogP contribution in [0, 0.1) is 0 Å². The molecule has 0 saturated carbocycles. The summed E-state index contributed by atoms with van der Waals surface area (Å²) in [5.41, 5.74) is 6.71. The van der Waals surface area contributed by atoms with Crippen LogP contribution >= 0.6 is 0 Å². The molecule has 3 aromatic rings. The molecule has 0 atom stereocenters. The molecule has 0 radical (unpaired) electrons. The Hall–Kier alpha value is -2.81. The Bertz CT molecular complexity index is 779. The van der Waals surface area contributed by atoms with Crippen molar-refractivity contribution in [2.75, 3.05) is 0 Å². The summed E-state index contributed by atoms with van der Waals surface area (Å²) >= 11 is 0. The van der Waals surface area contributed by atoms with Gasteiger partial charge in [-0.15, -0.1) is 0 Å². The van der Waals surface area contributed by atoms with Crippen molar-refractivity contribution in [3.05, 3.63) is 77.9 Å². The van der Waals surface area contributed by atoms with Crippen LogP contribution < -0.4 is 10.5 Å². The van der Waals surface area contributed by atoms with Gasteiger partial charge in [0.2, 0.25) is 5.91 Å². The van der Waals surface area contributed by atoms with Crippen LogP contribution in [-0.2, 0) is 6.61 Å². The van der Waals surface area contributed by atoms with Gasteiger partial charge in [0.15, 0.2) is 0 Å². The van der Waals surface area contributed by atoms with Gasteiger partial charge in [-0.1, -0.05) is 42.5 Å². The monoisotopic (exact) mass is 277 g/mol. The van der Waals surface area contributed by atoms with Crippen LogP contribution in [0.3, 0.4) is 0 Å². The first-order valence-electron chi connectivity index (χ1n) is 6.73. The van der Waals surface area contributed by atoms with Crippen molar-refractivity contribution in [1.29, 1.82) is 0 Å². The smallest absolute Gasteiger partial charge is 0.248 e. The molecule has 3 rings (SSSR count). The second-order valence-electron chi connectivity index (χ2n) is 4.86. The summed E-state index contributed by atoms with van der Waals surface area (Å²) in [5.74, 6) is 0.407. The third kappa shape index (κ3) is 3.03. The number of hydrogen-bond donors (Lipinski definition) is 1. The minimum Gasteiger partial charge on any atom is -0.489 e. The van der Waals surface area contributed by atoms with E-state index in [1.165, 1.54) is 5.39 Å². The van der Waals surface area contributed by atoms with Crippen molar-refractivity contribution < 1.29 is 9.53 Å². The Balaban J connectivity index is 1.72. The van der Waals surface area contributed by atoms with Crippen LogP contribution in [0.15, 0.2) is 66.7 Å². The number of ether oxygens (including phenoxy) is 1. The number of rotatable bonds is 4. The molecule has 0 aliphatic carbocycles. The van der Waals surface area contributed by atoms with Crippen LogP contribution in [0.2, 0.25) is 0 Å². The SMILES string of the molecule is NC(=O)c1ccc(COc2ccc3ccccc3c2)cc1. The summed E-state index contributed by atoms with van der Waals surface area (Å²) in [5, 5.41) is 2.34. The van der Waals surface area contributed by atoms with Crippen molar-refractivity contribution in [3.63, 3.8) is 0 Å². The maximum absolute atomic E-state index is 11.0. The maximum Gasteiger partial charge on any atom is 0.248 e. The average molecular weight is 277 g/mol. The molecule has 3 aromatic carbocycles.